The number of hydrogen-bond donors (Lipinski definition) is 1. The van der Waals surface area contributed by atoms with E-state index in [-0.39, 0.29) is 5.91 Å². The van der Waals surface area contributed by atoms with Crippen LogP contribution in [0.3, 0.4) is 0 Å². The lowest BCUT2D eigenvalue weighted by atomic mass is 9.59. The molecule has 7 nitrogen and oxygen atoms in total. The van der Waals surface area contributed by atoms with Crippen molar-refractivity contribution in [3.63, 3.8) is 0 Å². The normalized spacial score (nSPS) is 20.5. The number of carbonyl (C=O) groups excluding carboxylic acids is 1. The van der Waals surface area contributed by atoms with Gasteiger partial charge in [-0.05, 0) is 82.3 Å². The van der Waals surface area contributed by atoms with Crippen LogP contribution in [0.1, 0.15) is 43.6 Å². The third-order valence-electron chi connectivity index (χ3n) is 6.84. The van der Waals surface area contributed by atoms with Gasteiger partial charge in [-0.15, -0.1) is 0 Å². The summed E-state index contributed by atoms with van der Waals surface area (Å²) in [6.07, 6.45) is 6.23. The molecule has 2 aliphatic heterocycles. The SMILES string of the molecule is [B]C1([B])CCN(C2CCN(C(C)C)CC2)CCN1c1cccc(C(=O)Nc2ccncc2)n1. The quantitative estimate of drug-likeness (QED) is 0.716. The average Bonchev–Trinajstić information content (AvgIpc) is 2.97. The highest BCUT2D eigenvalue weighted by atomic mass is 16.1. The molecule has 1 N–H and O–H groups in total. The molecule has 2 aliphatic rings. The van der Waals surface area contributed by atoms with Gasteiger partial charge in [0.1, 0.15) is 11.5 Å². The van der Waals surface area contributed by atoms with Crippen LogP contribution in [-0.4, -0.2) is 91.5 Å². The second-order valence-corrected chi connectivity index (χ2v) is 9.36. The molecule has 170 valence electrons. The Morgan fingerprint density at radius 1 is 1.06 bits per heavy atom. The number of amides is 1. The van der Waals surface area contributed by atoms with Crippen molar-refractivity contribution in [3.05, 3.63) is 48.4 Å². The highest BCUT2D eigenvalue weighted by Gasteiger charge is 2.34. The van der Waals surface area contributed by atoms with Crippen molar-refractivity contribution in [3.8, 4) is 0 Å². The Hall–Kier alpha value is -2.38. The summed E-state index contributed by atoms with van der Waals surface area (Å²) in [6.45, 7) is 9.19. The van der Waals surface area contributed by atoms with Gasteiger partial charge in [0.15, 0.2) is 0 Å². The molecule has 0 unspecified atom stereocenters. The summed E-state index contributed by atoms with van der Waals surface area (Å²) >= 11 is 0. The van der Waals surface area contributed by atoms with Crippen molar-refractivity contribution < 1.29 is 4.79 Å². The number of anilines is 2. The number of hydrogen-bond acceptors (Lipinski definition) is 6. The zero-order chi connectivity index (χ0) is 23.4. The number of piperidine rings is 1. The van der Waals surface area contributed by atoms with E-state index in [1.54, 1.807) is 30.6 Å². The Kier molecular flexibility index (Phi) is 7.39. The highest BCUT2D eigenvalue weighted by Crippen LogP contribution is 2.27. The molecule has 0 aromatic carbocycles. The number of pyridine rings is 2. The van der Waals surface area contributed by atoms with E-state index in [4.69, 9.17) is 15.7 Å². The lowest BCUT2D eigenvalue weighted by molar-refractivity contribution is 0.0961. The smallest absolute Gasteiger partial charge is 0.274 e. The zero-order valence-corrected chi connectivity index (χ0v) is 19.7. The molecule has 0 atom stereocenters. The van der Waals surface area contributed by atoms with Gasteiger partial charge in [-0.3, -0.25) is 14.7 Å². The first-order valence-electron chi connectivity index (χ1n) is 11.9. The maximum absolute atomic E-state index is 12.7. The average molecular weight is 442 g/mol. The van der Waals surface area contributed by atoms with Crippen LogP contribution >= 0.6 is 0 Å². The van der Waals surface area contributed by atoms with Crippen LogP contribution in [0.25, 0.3) is 0 Å². The molecule has 2 aromatic rings. The fraction of sp³-hybridized carbons (Fsp3) is 0.542. The predicted molar refractivity (Wildman–Crippen MR) is 134 cm³/mol. The van der Waals surface area contributed by atoms with Gasteiger partial charge in [0.25, 0.3) is 5.91 Å². The van der Waals surface area contributed by atoms with E-state index in [2.05, 4.69) is 38.9 Å². The summed E-state index contributed by atoms with van der Waals surface area (Å²) in [5.41, 5.74) is 0.991. The van der Waals surface area contributed by atoms with Gasteiger partial charge in [-0.1, -0.05) is 6.07 Å². The fourth-order valence-corrected chi connectivity index (χ4v) is 4.80. The first-order chi connectivity index (χ1) is 15.8. The lowest BCUT2D eigenvalue weighted by Gasteiger charge is -2.39. The van der Waals surface area contributed by atoms with Crippen molar-refractivity contribution in [1.82, 2.24) is 19.8 Å². The molecular weight excluding hydrogens is 410 g/mol. The first kappa shape index (κ1) is 23.8. The predicted octanol–water partition coefficient (Wildman–Crippen LogP) is 2.10. The van der Waals surface area contributed by atoms with Crippen molar-refractivity contribution in [1.29, 1.82) is 0 Å². The number of nitrogens with zero attached hydrogens (tertiary/aromatic N) is 5. The molecule has 33 heavy (non-hydrogen) atoms. The summed E-state index contributed by atoms with van der Waals surface area (Å²) < 4.78 is 0. The summed E-state index contributed by atoms with van der Waals surface area (Å²) in [6, 6.07) is 10.0. The van der Waals surface area contributed by atoms with E-state index in [1.807, 2.05) is 17.0 Å². The molecule has 2 aromatic heterocycles. The number of likely N-dealkylation sites (tertiary alicyclic amines) is 1. The zero-order valence-electron chi connectivity index (χ0n) is 19.7. The minimum absolute atomic E-state index is 0.281. The second kappa shape index (κ2) is 10.3. The lowest BCUT2D eigenvalue weighted by Crippen LogP contribution is -2.51. The van der Waals surface area contributed by atoms with Gasteiger partial charge >= 0.3 is 0 Å². The van der Waals surface area contributed by atoms with Gasteiger partial charge in [0.2, 0.25) is 0 Å². The maximum Gasteiger partial charge on any atom is 0.274 e. The van der Waals surface area contributed by atoms with E-state index in [0.29, 0.717) is 42.2 Å². The van der Waals surface area contributed by atoms with Crippen LogP contribution in [-0.2, 0) is 0 Å². The van der Waals surface area contributed by atoms with Gasteiger partial charge in [0.05, 0.1) is 15.7 Å². The van der Waals surface area contributed by atoms with E-state index in [0.717, 1.165) is 26.2 Å². The largest absolute Gasteiger partial charge is 0.367 e. The Bertz CT molecular complexity index is 934. The molecule has 9 heteroatoms. The topological polar surface area (TPSA) is 64.6 Å². The van der Waals surface area contributed by atoms with Crippen molar-refractivity contribution in [2.24, 2.45) is 0 Å². The maximum atomic E-state index is 12.7. The molecule has 1 amide bonds. The number of rotatable bonds is 5. The summed E-state index contributed by atoms with van der Waals surface area (Å²) in [5.74, 6) is 0.343. The van der Waals surface area contributed by atoms with Crippen molar-refractivity contribution >= 4 is 33.1 Å². The molecule has 2 fully saturated rings. The number of nitrogens with one attached hydrogen (secondary N) is 1. The van der Waals surface area contributed by atoms with E-state index in [1.165, 1.54) is 12.8 Å². The second-order valence-electron chi connectivity index (χ2n) is 9.36. The molecule has 0 spiro atoms. The van der Waals surface area contributed by atoms with Gasteiger partial charge < -0.3 is 15.1 Å². The van der Waals surface area contributed by atoms with E-state index in [9.17, 15) is 4.79 Å². The highest BCUT2D eigenvalue weighted by molar-refractivity contribution is 6.41. The minimum Gasteiger partial charge on any atom is -0.367 e. The van der Waals surface area contributed by atoms with E-state index < -0.39 is 5.34 Å². The monoisotopic (exact) mass is 442 g/mol. The van der Waals surface area contributed by atoms with Crippen molar-refractivity contribution in [2.45, 2.75) is 50.5 Å². The molecular formula is C24H32B2N6O. The van der Waals surface area contributed by atoms with Crippen LogP contribution in [0.2, 0.25) is 0 Å². The number of carbonyl (C=O) groups is 1. The number of aromatic nitrogens is 2. The first-order valence-corrected chi connectivity index (χ1v) is 11.9. The van der Waals surface area contributed by atoms with Crippen LogP contribution in [0.5, 0.6) is 0 Å². The standard InChI is InChI=1S/C24H32B2N6O/c1-18(2)30-13-8-20(9-14-30)31-15-10-24(25,26)32(17-16-31)22-5-3-4-21(29-22)23(33)28-19-6-11-27-12-7-19/h3-7,11-12,18,20H,8-10,13-17H2,1-2H3,(H,27,28,33). The molecule has 0 saturated carbocycles. The molecule has 2 saturated heterocycles. The molecule has 4 radical (unpaired) electrons. The Morgan fingerprint density at radius 2 is 1.79 bits per heavy atom. The van der Waals surface area contributed by atoms with Gasteiger partial charge in [0, 0.05) is 43.3 Å². The van der Waals surface area contributed by atoms with Crippen molar-refractivity contribution in [2.75, 3.05) is 42.9 Å². The summed E-state index contributed by atoms with van der Waals surface area (Å²) in [7, 11) is 13.2. The van der Waals surface area contributed by atoms with Crippen LogP contribution in [0.15, 0.2) is 42.7 Å². The van der Waals surface area contributed by atoms with Crippen LogP contribution in [0, 0.1) is 0 Å². The Balaban J connectivity index is 1.44. The van der Waals surface area contributed by atoms with Crippen LogP contribution < -0.4 is 10.2 Å². The third-order valence-corrected chi connectivity index (χ3v) is 6.84. The van der Waals surface area contributed by atoms with Gasteiger partial charge in [-0.2, -0.15) is 0 Å². The minimum atomic E-state index is -1.03. The Morgan fingerprint density at radius 3 is 2.48 bits per heavy atom. The molecule has 4 rings (SSSR count). The fourth-order valence-electron chi connectivity index (χ4n) is 4.80. The molecule has 0 bridgehead atoms. The van der Waals surface area contributed by atoms with E-state index >= 15 is 0 Å². The summed E-state index contributed by atoms with van der Waals surface area (Å²) in [4.78, 5) is 28.3. The third kappa shape index (κ3) is 5.76. The van der Waals surface area contributed by atoms with Gasteiger partial charge in [-0.25, -0.2) is 4.98 Å². The molecule has 0 aliphatic carbocycles. The summed E-state index contributed by atoms with van der Waals surface area (Å²) in [5, 5.41) is 1.82. The van der Waals surface area contributed by atoms with Crippen LogP contribution in [0.4, 0.5) is 11.5 Å². The molecule has 4 heterocycles. The Labute approximate surface area is 199 Å².